The Morgan fingerprint density at radius 3 is 2.20 bits per heavy atom. The van der Waals surface area contributed by atoms with Crippen LogP contribution in [0.25, 0.3) is 0 Å². The van der Waals surface area contributed by atoms with Gasteiger partial charge < -0.3 is 4.90 Å². The topological polar surface area (TPSA) is 79.7 Å². The molecule has 0 N–H and O–H groups in total. The number of likely N-dealkylation sites (tertiary alicyclic amines) is 1. The number of carbonyl (C=O) groups is 3. The third kappa shape index (κ3) is 4.97. The van der Waals surface area contributed by atoms with Crippen molar-refractivity contribution in [3.8, 4) is 0 Å². The molecule has 3 aliphatic heterocycles. The molecule has 0 bridgehead atoms. The van der Waals surface area contributed by atoms with Crippen LogP contribution in [0, 0.1) is 12.8 Å². The minimum Gasteiger partial charge on any atom is -0.341 e. The Morgan fingerprint density at radius 1 is 0.902 bits per heavy atom. The minimum absolute atomic E-state index is 0.0427. The number of aromatic nitrogens is 1. The number of hydrogen-bond donors (Lipinski definition) is 0. The van der Waals surface area contributed by atoms with Gasteiger partial charge >= 0.3 is 4.87 Å². The third-order valence-corrected chi connectivity index (χ3v) is 11.1. The molecule has 0 saturated carbocycles. The van der Waals surface area contributed by atoms with Gasteiger partial charge in [-0.15, -0.1) is 0 Å². The van der Waals surface area contributed by atoms with E-state index in [1.54, 1.807) is 4.57 Å². The molecule has 3 aliphatic rings. The normalized spacial score (nSPS) is 22.6. The number of piperidine rings is 1. The number of aryl methyl sites for hydroxylation is 1. The molecule has 41 heavy (non-hydrogen) atoms. The lowest BCUT2D eigenvalue weighted by Gasteiger charge is -2.31. The second-order valence-corrected chi connectivity index (χ2v) is 14.4. The SMILES string of the molecule is Cc1ccc(N2C(=O)C3Sc4c(sc(=O)n4CC(=O)N4CCCCC4)[C@@H](c4ccc(C(C)(C)C)cc4)C3C2=O)cc1. The van der Waals surface area contributed by atoms with Crippen molar-refractivity contribution in [3.05, 3.63) is 79.8 Å². The second-order valence-electron chi connectivity index (χ2n) is 12.3. The maximum absolute atomic E-state index is 14.1. The first kappa shape index (κ1) is 28.0. The predicted molar refractivity (Wildman–Crippen MR) is 163 cm³/mol. The minimum atomic E-state index is -0.686. The van der Waals surface area contributed by atoms with E-state index in [-0.39, 0.29) is 34.6 Å². The molecule has 0 aliphatic carbocycles. The number of benzene rings is 2. The molecule has 3 aromatic rings. The van der Waals surface area contributed by atoms with Crippen LogP contribution in [-0.2, 0) is 26.3 Å². The number of thiazole rings is 1. The zero-order valence-electron chi connectivity index (χ0n) is 23.9. The van der Waals surface area contributed by atoms with Gasteiger partial charge in [-0.3, -0.25) is 23.7 Å². The Balaban J connectivity index is 1.44. The number of imide groups is 1. The first-order valence-electron chi connectivity index (χ1n) is 14.3. The van der Waals surface area contributed by atoms with E-state index in [0.29, 0.717) is 23.8 Å². The van der Waals surface area contributed by atoms with Crippen molar-refractivity contribution in [3.63, 3.8) is 0 Å². The molecule has 3 atom stereocenters. The van der Waals surface area contributed by atoms with Crippen molar-refractivity contribution in [1.29, 1.82) is 0 Å². The number of thioether (sulfide) groups is 1. The van der Waals surface area contributed by atoms with Gasteiger partial charge in [-0.05, 0) is 54.9 Å². The Morgan fingerprint density at radius 2 is 1.56 bits per heavy atom. The van der Waals surface area contributed by atoms with Gasteiger partial charge in [-0.2, -0.15) is 0 Å². The van der Waals surface area contributed by atoms with Gasteiger partial charge in [-0.25, -0.2) is 4.90 Å². The largest absolute Gasteiger partial charge is 0.341 e. The Labute approximate surface area is 248 Å². The zero-order valence-corrected chi connectivity index (χ0v) is 25.5. The first-order valence-corrected chi connectivity index (χ1v) is 16.0. The molecule has 7 nitrogen and oxygen atoms in total. The highest BCUT2D eigenvalue weighted by Crippen LogP contribution is 2.54. The smallest absolute Gasteiger partial charge is 0.308 e. The average molecular weight is 590 g/mol. The molecular weight excluding hydrogens is 555 g/mol. The van der Waals surface area contributed by atoms with E-state index in [1.165, 1.54) is 16.7 Å². The Kier molecular flexibility index (Phi) is 7.22. The number of hydrogen-bond acceptors (Lipinski definition) is 6. The highest BCUT2D eigenvalue weighted by molar-refractivity contribution is 8.00. The van der Waals surface area contributed by atoms with E-state index in [1.807, 2.05) is 48.2 Å². The molecule has 1 aromatic heterocycles. The van der Waals surface area contributed by atoms with Crippen molar-refractivity contribution < 1.29 is 14.4 Å². The average Bonchev–Trinajstić information content (AvgIpc) is 3.40. The molecule has 0 spiro atoms. The van der Waals surface area contributed by atoms with Gasteiger partial charge in [0.15, 0.2) is 0 Å². The lowest BCUT2D eigenvalue weighted by Crippen LogP contribution is -2.39. The summed E-state index contributed by atoms with van der Waals surface area (Å²) in [5, 5.41) is -0.0441. The molecule has 214 valence electrons. The van der Waals surface area contributed by atoms with Crippen molar-refractivity contribution >= 4 is 46.5 Å². The predicted octanol–water partition coefficient (Wildman–Crippen LogP) is 5.32. The van der Waals surface area contributed by atoms with Crippen LogP contribution in [-0.4, -0.2) is 45.5 Å². The molecule has 4 heterocycles. The maximum Gasteiger partial charge on any atom is 0.308 e. The summed E-state index contributed by atoms with van der Waals surface area (Å²) in [5.74, 6) is -1.70. The molecule has 0 radical (unpaired) electrons. The summed E-state index contributed by atoms with van der Waals surface area (Å²) in [6.07, 6.45) is 3.05. The van der Waals surface area contributed by atoms with Crippen LogP contribution >= 0.6 is 23.1 Å². The fourth-order valence-corrected chi connectivity index (χ4v) is 8.90. The lowest BCUT2D eigenvalue weighted by molar-refractivity contribution is -0.133. The van der Waals surface area contributed by atoms with Crippen molar-refractivity contribution in [2.75, 3.05) is 18.0 Å². The summed E-state index contributed by atoms with van der Waals surface area (Å²) in [6, 6.07) is 15.6. The van der Waals surface area contributed by atoms with Gasteiger partial charge in [0.2, 0.25) is 17.7 Å². The van der Waals surface area contributed by atoms with Crippen LogP contribution in [0.5, 0.6) is 0 Å². The number of nitrogens with zero attached hydrogens (tertiary/aromatic N) is 3. The second kappa shape index (κ2) is 10.6. The quantitative estimate of drug-likeness (QED) is 0.385. The van der Waals surface area contributed by atoms with E-state index < -0.39 is 17.1 Å². The van der Waals surface area contributed by atoms with E-state index in [4.69, 9.17) is 0 Å². The molecule has 6 rings (SSSR count). The number of carbonyl (C=O) groups excluding carboxylic acids is 3. The molecule has 9 heteroatoms. The van der Waals surface area contributed by atoms with Gasteiger partial charge in [0.1, 0.15) is 11.8 Å². The Hall–Kier alpha value is -3.17. The van der Waals surface area contributed by atoms with E-state index in [2.05, 4.69) is 32.9 Å². The highest BCUT2D eigenvalue weighted by Gasteiger charge is 2.56. The van der Waals surface area contributed by atoms with Crippen LogP contribution in [0.4, 0.5) is 5.69 Å². The van der Waals surface area contributed by atoms with Crippen LogP contribution in [0.2, 0.25) is 0 Å². The van der Waals surface area contributed by atoms with E-state index in [9.17, 15) is 19.2 Å². The molecule has 3 amide bonds. The molecule has 2 aromatic carbocycles. The maximum atomic E-state index is 14.1. The molecule has 2 unspecified atom stereocenters. The van der Waals surface area contributed by atoms with Crippen molar-refractivity contribution in [2.45, 2.75) is 75.1 Å². The van der Waals surface area contributed by atoms with Crippen LogP contribution < -0.4 is 9.77 Å². The van der Waals surface area contributed by atoms with Crippen molar-refractivity contribution in [1.82, 2.24) is 9.47 Å². The van der Waals surface area contributed by atoms with Crippen LogP contribution in [0.1, 0.15) is 67.5 Å². The summed E-state index contributed by atoms with van der Waals surface area (Å²) < 4.78 is 1.54. The number of rotatable bonds is 4. The van der Waals surface area contributed by atoms with Gasteiger partial charge in [0.05, 0.1) is 16.6 Å². The molecular formula is C32H35N3O4S2. The fraction of sp³-hybridized carbons (Fsp3) is 0.438. The van der Waals surface area contributed by atoms with Crippen LogP contribution in [0.3, 0.4) is 0 Å². The zero-order chi connectivity index (χ0) is 29.1. The van der Waals surface area contributed by atoms with Gasteiger partial charge in [0.25, 0.3) is 0 Å². The number of anilines is 1. The summed E-state index contributed by atoms with van der Waals surface area (Å²) in [4.78, 5) is 58.3. The fourth-order valence-electron chi connectivity index (χ4n) is 6.13. The summed E-state index contributed by atoms with van der Waals surface area (Å²) in [5.41, 5.74) is 3.62. The van der Waals surface area contributed by atoms with Crippen LogP contribution in [0.15, 0.2) is 58.4 Å². The number of fused-ring (bicyclic) bond motifs is 2. The Bertz CT molecular complexity index is 1560. The van der Waals surface area contributed by atoms with Crippen molar-refractivity contribution in [2.24, 2.45) is 5.92 Å². The summed E-state index contributed by atoms with van der Waals surface area (Å²) in [6.45, 7) is 9.78. The summed E-state index contributed by atoms with van der Waals surface area (Å²) >= 11 is 2.38. The molecule has 2 fully saturated rings. The molecule has 2 saturated heterocycles. The van der Waals surface area contributed by atoms with E-state index >= 15 is 0 Å². The standard InChI is InChI=1S/C32H35N3O4S2/c1-19-8-14-22(15-9-19)35-28(37)25-24(20-10-12-21(13-11-20)32(2,3)4)27-30(40-26(25)29(35)38)34(31(39)41-27)18-23(36)33-16-6-5-7-17-33/h8-15,24-26H,5-7,16-18H2,1-4H3/t24-,25?,26?/m0/s1. The van der Waals surface area contributed by atoms with E-state index in [0.717, 1.165) is 52.2 Å². The number of amides is 3. The third-order valence-electron chi connectivity index (χ3n) is 8.48. The van der Waals surface area contributed by atoms with Gasteiger partial charge in [0, 0.05) is 23.9 Å². The first-order chi connectivity index (χ1) is 19.5. The monoisotopic (exact) mass is 589 g/mol. The summed E-state index contributed by atoms with van der Waals surface area (Å²) in [7, 11) is 0. The highest BCUT2D eigenvalue weighted by atomic mass is 32.2. The lowest BCUT2D eigenvalue weighted by atomic mass is 9.81. The van der Waals surface area contributed by atoms with Gasteiger partial charge in [-0.1, -0.05) is 85.8 Å².